The summed E-state index contributed by atoms with van der Waals surface area (Å²) in [6, 6.07) is 4.92. The van der Waals surface area contributed by atoms with E-state index in [1.54, 1.807) is 19.1 Å². The van der Waals surface area contributed by atoms with Crippen LogP contribution in [0, 0.1) is 0 Å². The first-order valence-corrected chi connectivity index (χ1v) is 5.72. The molecule has 0 spiro atoms. The summed E-state index contributed by atoms with van der Waals surface area (Å²) in [6.45, 7) is 3.65. The highest BCUT2D eigenvalue weighted by atomic mass is 16.5. The third-order valence-corrected chi connectivity index (χ3v) is 2.89. The number of aliphatic hydroxyl groups is 1. The highest BCUT2D eigenvalue weighted by molar-refractivity contribution is 5.43. The molecule has 2 unspecified atom stereocenters. The van der Waals surface area contributed by atoms with E-state index in [4.69, 9.17) is 10.5 Å². The summed E-state index contributed by atoms with van der Waals surface area (Å²) in [5.41, 5.74) is 5.43. The quantitative estimate of drug-likeness (QED) is 0.731. The van der Waals surface area contributed by atoms with Crippen molar-refractivity contribution in [3.8, 4) is 11.5 Å². The Morgan fingerprint density at radius 1 is 1.47 bits per heavy atom. The SMILES string of the molecule is COc1cc(C(C)(O)CCC(C)N)ccc1O. The summed E-state index contributed by atoms with van der Waals surface area (Å²) in [5, 5.41) is 19.8. The Labute approximate surface area is 102 Å². The maximum atomic E-state index is 10.4. The first-order chi connectivity index (χ1) is 7.86. The molecule has 0 aliphatic carbocycles. The van der Waals surface area contributed by atoms with Gasteiger partial charge in [0.2, 0.25) is 0 Å². The largest absolute Gasteiger partial charge is 0.504 e. The Bertz CT molecular complexity index is 375. The molecule has 4 nitrogen and oxygen atoms in total. The van der Waals surface area contributed by atoms with Gasteiger partial charge < -0.3 is 20.7 Å². The van der Waals surface area contributed by atoms with Crippen molar-refractivity contribution >= 4 is 0 Å². The van der Waals surface area contributed by atoms with Crippen LogP contribution >= 0.6 is 0 Å². The fourth-order valence-electron chi connectivity index (χ4n) is 1.67. The van der Waals surface area contributed by atoms with Gasteiger partial charge in [-0.3, -0.25) is 0 Å². The summed E-state index contributed by atoms with van der Waals surface area (Å²) in [5.74, 6) is 0.433. The number of hydrogen-bond acceptors (Lipinski definition) is 4. The van der Waals surface area contributed by atoms with Gasteiger partial charge in [-0.1, -0.05) is 6.07 Å². The van der Waals surface area contributed by atoms with Gasteiger partial charge in [-0.05, 0) is 44.4 Å². The molecule has 0 aromatic heterocycles. The Morgan fingerprint density at radius 3 is 2.65 bits per heavy atom. The van der Waals surface area contributed by atoms with Gasteiger partial charge in [-0.25, -0.2) is 0 Å². The fraction of sp³-hybridized carbons (Fsp3) is 0.538. The summed E-state index contributed by atoms with van der Waals surface area (Å²) in [6.07, 6.45) is 1.30. The third kappa shape index (κ3) is 3.61. The standard InChI is InChI=1S/C13H21NO3/c1-9(14)6-7-13(2,16)10-4-5-11(15)12(8-10)17-3/h4-5,8-9,15-16H,6-7,14H2,1-3H3. The van der Waals surface area contributed by atoms with Crippen LogP contribution in [-0.2, 0) is 5.60 Å². The van der Waals surface area contributed by atoms with Crippen molar-refractivity contribution in [2.24, 2.45) is 5.73 Å². The monoisotopic (exact) mass is 239 g/mol. The Kier molecular flexibility index (Phi) is 4.37. The fourth-order valence-corrected chi connectivity index (χ4v) is 1.67. The lowest BCUT2D eigenvalue weighted by atomic mass is 9.89. The van der Waals surface area contributed by atoms with E-state index in [0.717, 1.165) is 6.42 Å². The topological polar surface area (TPSA) is 75.7 Å². The van der Waals surface area contributed by atoms with Gasteiger partial charge >= 0.3 is 0 Å². The number of hydrogen-bond donors (Lipinski definition) is 3. The molecule has 1 rings (SSSR count). The molecule has 0 aliphatic rings. The van der Waals surface area contributed by atoms with Crippen LogP contribution in [0.2, 0.25) is 0 Å². The Hall–Kier alpha value is -1.26. The highest BCUT2D eigenvalue weighted by Gasteiger charge is 2.24. The molecule has 17 heavy (non-hydrogen) atoms. The predicted octanol–water partition coefficient (Wildman–Crippen LogP) is 1.74. The third-order valence-electron chi connectivity index (χ3n) is 2.89. The zero-order valence-electron chi connectivity index (χ0n) is 10.6. The molecule has 0 amide bonds. The number of phenols is 1. The van der Waals surface area contributed by atoms with E-state index in [-0.39, 0.29) is 11.8 Å². The molecule has 0 bridgehead atoms. The summed E-state index contributed by atoms with van der Waals surface area (Å²) < 4.78 is 5.02. The van der Waals surface area contributed by atoms with Crippen molar-refractivity contribution in [3.63, 3.8) is 0 Å². The second-order valence-corrected chi connectivity index (χ2v) is 4.68. The van der Waals surface area contributed by atoms with Crippen molar-refractivity contribution in [2.75, 3.05) is 7.11 Å². The average Bonchev–Trinajstić information content (AvgIpc) is 2.27. The van der Waals surface area contributed by atoms with Crippen LogP contribution in [0.15, 0.2) is 18.2 Å². The molecule has 96 valence electrons. The number of rotatable bonds is 5. The van der Waals surface area contributed by atoms with Gasteiger partial charge in [-0.2, -0.15) is 0 Å². The molecule has 1 aromatic rings. The minimum Gasteiger partial charge on any atom is -0.504 e. The number of methoxy groups -OCH3 is 1. The maximum Gasteiger partial charge on any atom is 0.160 e. The Balaban J connectivity index is 2.90. The van der Waals surface area contributed by atoms with Gasteiger partial charge in [0.1, 0.15) is 0 Å². The van der Waals surface area contributed by atoms with Gasteiger partial charge in [0.15, 0.2) is 11.5 Å². The Morgan fingerprint density at radius 2 is 2.12 bits per heavy atom. The second kappa shape index (κ2) is 5.38. The molecule has 0 saturated heterocycles. The number of nitrogens with two attached hydrogens (primary N) is 1. The molecule has 0 heterocycles. The highest BCUT2D eigenvalue weighted by Crippen LogP contribution is 2.33. The van der Waals surface area contributed by atoms with E-state index in [9.17, 15) is 10.2 Å². The number of benzene rings is 1. The lowest BCUT2D eigenvalue weighted by molar-refractivity contribution is 0.0438. The van der Waals surface area contributed by atoms with E-state index in [0.29, 0.717) is 17.7 Å². The smallest absolute Gasteiger partial charge is 0.160 e. The van der Waals surface area contributed by atoms with Crippen LogP contribution in [0.3, 0.4) is 0 Å². The minimum atomic E-state index is -0.964. The zero-order chi connectivity index (χ0) is 13.1. The van der Waals surface area contributed by atoms with Crippen LogP contribution in [-0.4, -0.2) is 23.4 Å². The van der Waals surface area contributed by atoms with Gasteiger partial charge in [-0.15, -0.1) is 0 Å². The molecule has 4 heteroatoms. The number of ether oxygens (including phenoxy) is 1. The van der Waals surface area contributed by atoms with Gasteiger partial charge in [0, 0.05) is 6.04 Å². The predicted molar refractivity (Wildman–Crippen MR) is 67.1 cm³/mol. The van der Waals surface area contributed by atoms with Crippen molar-refractivity contribution in [1.29, 1.82) is 0 Å². The van der Waals surface area contributed by atoms with Crippen LogP contribution < -0.4 is 10.5 Å². The van der Waals surface area contributed by atoms with E-state index < -0.39 is 5.60 Å². The van der Waals surface area contributed by atoms with Crippen LogP contribution in [0.1, 0.15) is 32.3 Å². The lowest BCUT2D eigenvalue weighted by Crippen LogP contribution is -2.25. The van der Waals surface area contributed by atoms with Crippen molar-refractivity contribution in [3.05, 3.63) is 23.8 Å². The van der Waals surface area contributed by atoms with E-state index >= 15 is 0 Å². The molecule has 0 radical (unpaired) electrons. The molecule has 2 atom stereocenters. The van der Waals surface area contributed by atoms with E-state index in [1.165, 1.54) is 13.2 Å². The number of aromatic hydroxyl groups is 1. The molecular formula is C13H21NO3. The molecule has 0 saturated carbocycles. The second-order valence-electron chi connectivity index (χ2n) is 4.68. The number of phenolic OH excluding ortho intramolecular Hbond substituents is 1. The normalized spacial score (nSPS) is 16.3. The first kappa shape index (κ1) is 13.8. The van der Waals surface area contributed by atoms with Crippen LogP contribution in [0.4, 0.5) is 0 Å². The average molecular weight is 239 g/mol. The molecular weight excluding hydrogens is 218 g/mol. The molecule has 4 N–H and O–H groups in total. The molecule has 1 aromatic carbocycles. The molecule has 0 aliphatic heterocycles. The summed E-state index contributed by atoms with van der Waals surface area (Å²) >= 11 is 0. The van der Waals surface area contributed by atoms with Crippen LogP contribution in [0.25, 0.3) is 0 Å². The van der Waals surface area contributed by atoms with Crippen molar-refractivity contribution in [1.82, 2.24) is 0 Å². The van der Waals surface area contributed by atoms with Crippen molar-refractivity contribution < 1.29 is 14.9 Å². The summed E-state index contributed by atoms with van der Waals surface area (Å²) in [4.78, 5) is 0. The summed E-state index contributed by atoms with van der Waals surface area (Å²) in [7, 11) is 1.48. The molecule has 0 fully saturated rings. The van der Waals surface area contributed by atoms with Gasteiger partial charge in [0.25, 0.3) is 0 Å². The maximum absolute atomic E-state index is 10.4. The lowest BCUT2D eigenvalue weighted by Gasteiger charge is -2.25. The van der Waals surface area contributed by atoms with E-state index in [1.807, 2.05) is 6.92 Å². The van der Waals surface area contributed by atoms with Gasteiger partial charge in [0.05, 0.1) is 12.7 Å². The van der Waals surface area contributed by atoms with Crippen molar-refractivity contribution in [2.45, 2.75) is 38.3 Å². The zero-order valence-corrected chi connectivity index (χ0v) is 10.6. The van der Waals surface area contributed by atoms with Crippen LogP contribution in [0.5, 0.6) is 11.5 Å². The first-order valence-electron chi connectivity index (χ1n) is 5.72. The minimum absolute atomic E-state index is 0.0560. The van der Waals surface area contributed by atoms with E-state index in [2.05, 4.69) is 0 Å².